The molecule has 0 radical (unpaired) electrons. The number of benzene rings is 1. The van der Waals surface area contributed by atoms with Crippen molar-refractivity contribution in [2.75, 3.05) is 7.11 Å². The van der Waals surface area contributed by atoms with Crippen LogP contribution in [0, 0.1) is 6.92 Å². The molecule has 0 amide bonds. The number of aryl methyl sites for hydroxylation is 1. The normalized spacial score (nSPS) is 24.1. The predicted octanol–water partition coefficient (Wildman–Crippen LogP) is 3.66. The Balaban J connectivity index is 2.70. The smallest absolute Gasteiger partial charge is 0.122 e. The van der Waals surface area contributed by atoms with Crippen LogP contribution >= 0.6 is 15.9 Å². The van der Waals surface area contributed by atoms with Gasteiger partial charge in [0.2, 0.25) is 0 Å². The summed E-state index contributed by atoms with van der Waals surface area (Å²) in [6.07, 6.45) is 2.19. The van der Waals surface area contributed by atoms with Crippen molar-refractivity contribution in [1.29, 1.82) is 0 Å². The van der Waals surface area contributed by atoms with E-state index >= 15 is 0 Å². The molecule has 0 spiro atoms. The predicted molar refractivity (Wildman–Crippen MR) is 70.0 cm³/mol. The van der Waals surface area contributed by atoms with E-state index in [1.54, 1.807) is 7.11 Å². The lowest BCUT2D eigenvalue weighted by atomic mass is 9.80. The highest BCUT2D eigenvalue weighted by atomic mass is 79.9. The molecule has 1 aliphatic rings. The van der Waals surface area contributed by atoms with Crippen molar-refractivity contribution in [3.63, 3.8) is 0 Å². The average molecular weight is 284 g/mol. The summed E-state index contributed by atoms with van der Waals surface area (Å²) >= 11 is 3.66. The third kappa shape index (κ3) is 1.76. The molecule has 3 heteroatoms. The van der Waals surface area contributed by atoms with Gasteiger partial charge < -0.3 is 10.5 Å². The highest BCUT2D eigenvalue weighted by Crippen LogP contribution is 2.45. The Morgan fingerprint density at radius 2 is 2.06 bits per heavy atom. The Morgan fingerprint density at radius 1 is 1.38 bits per heavy atom. The van der Waals surface area contributed by atoms with Crippen LogP contribution in [0.5, 0.6) is 5.75 Å². The fourth-order valence-electron chi connectivity index (χ4n) is 2.56. The highest BCUT2D eigenvalue weighted by Gasteiger charge is 2.28. The average Bonchev–Trinajstić information content (AvgIpc) is 2.27. The van der Waals surface area contributed by atoms with Crippen molar-refractivity contribution in [3.8, 4) is 5.75 Å². The van der Waals surface area contributed by atoms with Gasteiger partial charge in [-0.2, -0.15) is 0 Å². The van der Waals surface area contributed by atoms with Crippen molar-refractivity contribution < 1.29 is 4.74 Å². The van der Waals surface area contributed by atoms with Gasteiger partial charge >= 0.3 is 0 Å². The van der Waals surface area contributed by atoms with Crippen LogP contribution < -0.4 is 10.5 Å². The molecule has 1 aromatic rings. The van der Waals surface area contributed by atoms with E-state index in [0.29, 0.717) is 5.92 Å². The maximum absolute atomic E-state index is 6.22. The summed E-state index contributed by atoms with van der Waals surface area (Å²) in [4.78, 5) is 0. The third-order valence-corrected chi connectivity index (χ3v) is 4.53. The molecule has 16 heavy (non-hydrogen) atoms. The van der Waals surface area contributed by atoms with E-state index in [2.05, 4.69) is 35.8 Å². The van der Waals surface area contributed by atoms with E-state index in [9.17, 15) is 0 Å². The molecule has 1 unspecified atom stereocenters. The molecule has 88 valence electrons. The molecule has 2 atom stereocenters. The molecular weight excluding hydrogens is 266 g/mol. The number of fused-ring (bicyclic) bond motifs is 1. The summed E-state index contributed by atoms with van der Waals surface area (Å²) in [5.41, 5.74) is 9.95. The first-order chi connectivity index (χ1) is 7.56. The summed E-state index contributed by atoms with van der Waals surface area (Å²) in [6, 6.07) is 2.23. The molecule has 0 saturated carbocycles. The molecule has 0 aromatic heterocycles. The van der Waals surface area contributed by atoms with Crippen molar-refractivity contribution in [3.05, 3.63) is 27.2 Å². The van der Waals surface area contributed by atoms with Crippen LogP contribution in [0.2, 0.25) is 0 Å². The van der Waals surface area contributed by atoms with E-state index in [1.807, 2.05) is 0 Å². The first-order valence-electron chi connectivity index (χ1n) is 5.68. The quantitative estimate of drug-likeness (QED) is 0.854. The lowest BCUT2D eigenvalue weighted by molar-refractivity contribution is 0.394. The van der Waals surface area contributed by atoms with Crippen LogP contribution in [0.3, 0.4) is 0 Å². The highest BCUT2D eigenvalue weighted by molar-refractivity contribution is 9.10. The van der Waals surface area contributed by atoms with Gasteiger partial charge in [-0.3, -0.25) is 0 Å². The van der Waals surface area contributed by atoms with Gasteiger partial charge in [0.15, 0.2) is 0 Å². The lowest BCUT2D eigenvalue weighted by Gasteiger charge is -2.30. The fraction of sp³-hybridized carbons (Fsp3) is 0.538. The van der Waals surface area contributed by atoms with Crippen molar-refractivity contribution >= 4 is 15.9 Å². The van der Waals surface area contributed by atoms with Gasteiger partial charge in [0.05, 0.1) is 7.11 Å². The minimum Gasteiger partial charge on any atom is -0.496 e. The van der Waals surface area contributed by atoms with Crippen LogP contribution in [0.15, 0.2) is 10.5 Å². The van der Waals surface area contributed by atoms with E-state index in [-0.39, 0.29) is 6.04 Å². The number of methoxy groups -OCH3 is 1. The van der Waals surface area contributed by atoms with Gasteiger partial charge in [-0.1, -0.05) is 22.9 Å². The minimum atomic E-state index is 0.134. The van der Waals surface area contributed by atoms with Crippen molar-refractivity contribution in [2.24, 2.45) is 5.73 Å². The zero-order valence-corrected chi connectivity index (χ0v) is 11.6. The molecule has 1 aromatic carbocycles. The van der Waals surface area contributed by atoms with Crippen molar-refractivity contribution in [1.82, 2.24) is 0 Å². The zero-order chi connectivity index (χ0) is 11.9. The second-order valence-corrected chi connectivity index (χ2v) is 5.41. The first-order valence-corrected chi connectivity index (χ1v) is 6.48. The Labute approximate surface area is 105 Å². The molecule has 2 nitrogen and oxygen atoms in total. The number of ether oxygens (including phenoxy) is 1. The molecule has 0 saturated heterocycles. The van der Waals surface area contributed by atoms with Crippen LogP contribution in [0.4, 0.5) is 0 Å². The molecule has 0 fully saturated rings. The van der Waals surface area contributed by atoms with Crippen LogP contribution in [-0.2, 0) is 0 Å². The van der Waals surface area contributed by atoms with E-state index in [1.165, 1.54) is 16.7 Å². The Morgan fingerprint density at radius 3 is 2.69 bits per heavy atom. The van der Waals surface area contributed by atoms with E-state index in [4.69, 9.17) is 10.5 Å². The number of hydrogen-bond donors (Lipinski definition) is 1. The number of halogens is 1. The van der Waals surface area contributed by atoms with Gasteiger partial charge in [-0.05, 0) is 42.9 Å². The molecule has 0 heterocycles. The van der Waals surface area contributed by atoms with Gasteiger partial charge in [-0.25, -0.2) is 0 Å². The summed E-state index contributed by atoms with van der Waals surface area (Å²) < 4.78 is 6.65. The molecule has 1 aliphatic carbocycles. The van der Waals surface area contributed by atoms with Gasteiger partial charge in [-0.15, -0.1) is 0 Å². The largest absolute Gasteiger partial charge is 0.496 e. The minimum absolute atomic E-state index is 0.134. The molecule has 0 bridgehead atoms. The second-order valence-electron chi connectivity index (χ2n) is 4.62. The summed E-state index contributed by atoms with van der Waals surface area (Å²) in [5, 5.41) is 0. The second kappa shape index (κ2) is 4.38. The number of nitrogens with two attached hydrogens (primary N) is 1. The van der Waals surface area contributed by atoms with Crippen LogP contribution in [-0.4, -0.2) is 7.11 Å². The van der Waals surface area contributed by atoms with Crippen molar-refractivity contribution in [2.45, 2.75) is 38.6 Å². The fourth-order valence-corrected chi connectivity index (χ4v) is 3.18. The van der Waals surface area contributed by atoms with Gasteiger partial charge in [0, 0.05) is 16.1 Å². The third-order valence-electron chi connectivity index (χ3n) is 3.48. The Hall–Kier alpha value is -0.540. The van der Waals surface area contributed by atoms with E-state index in [0.717, 1.165) is 23.1 Å². The molecular formula is C13H18BrNO. The summed E-state index contributed by atoms with van der Waals surface area (Å²) in [5.74, 6) is 1.51. The van der Waals surface area contributed by atoms with E-state index < -0.39 is 0 Å². The molecule has 0 aliphatic heterocycles. The maximum atomic E-state index is 6.22. The zero-order valence-electron chi connectivity index (χ0n) is 10.0. The number of rotatable bonds is 1. The summed E-state index contributed by atoms with van der Waals surface area (Å²) in [6.45, 7) is 4.33. The Kier molecular flexibility index (Phi) is 3.27. The molecule has 2 N–H and O–H groups in total. The van der Waals surface area contributed by atoms with Gasteiger partial charge in [0.25, 0.3) is 0 Å². The lowest BCUT2D eigenvalue weighted by Crippen LogP contribution is -2.21. The maximum Gasteiger partial charge on any atom is 0.122 e. The summed E-state index contributed by atoms with van der Waals surface area (Å²) in [7, 11) is 1.73. The topological polar surface area (TPSA) is 35.2 Å². The first kappa shape index (κ1) is 11.9. The standard InChI is InChI=1S/C13H18BrNO/c1-7-4-5-9(15)12-11(7)10(16-3)6-8(2)13(12)14/h6-7,9H,4-5,15H2,1-3H3/t7?,9-/m0/s1. The SMILES string of the molecule is COc1cc(C)c(Br)c2c1C(C)CC[C@@H]2N. The monoisotopic (exact) mass is 283 g/mol. The number of hydrogen-bond acceptors (Lipinski definition) is 2. The van der Waals surface area contributed by atoms with Gasteiger partial charge in [0.1, 0.15) is 5.75 Å². The van der Waals surface area contributed by atoms with Crippen LogP contribution in [0.1, 0.15) is 48.4 Å². The Bertz CT molecular complexity index is 417. The molecule has 2 rings (SSSR count). The van der Waals surface area contributed by atoms with Crippen LogP contribution in [0.25, 0.3) is 0 Å².